The van der Waals surface area contributed by atoms with Gasteiger partial charge in [0.25, 0.3) is 6.71 Å². The zero-order valence-corrected chi connectivity index (χ0v) is 56.4. The molecule has 16 aromatic carbocycles. The molecule has 2 heterocycles. The largest absolute Gasteiger partial charge is 0.311 e. The fourth-order valence-electron chi connectivity index (χ4n) is 20.1. The van der Waals surface area contributed by atoms with Crippen molar-refractivity contribution in [2.45, 2.75) is 16.2 Å². The van der Waals surface area contributed by atoms with Crippen LogP contribution in [0.5, 0.6) is 0 Å². The van der Waals surface area contributed by atoms with Gasteiger partial charge in [-0.3, -0.25) is 0 Å². The first-order valence-electron chi connectivity index (χ1n) is 36.1. The van der Waals surface area contributed by atoms with Crippen LogP contribution in [0, 0.1) is 0 Å². The molecule has 3 nitrogen and oxygen atoms in total. The first kappa shape index (κ1) is 57.8. The Balaban J connectivity index is 0.907. The van der Waals surface area contributed by atoms with E-state index in [0.29, 0.717) is 0 Å². The fourth-order valence-corrected chi connectivity index (χ4v) is 20.1. The summed E-state index contributed by atoms with van der Waals surface area (Å²) in [5, 5.41) is 0. The molecule has 2 aliphatic heterocycles. The van der Waals surface area contributed by atoms with Gasteiger partial charge in [-0.15, -0.1) is 0 Å². The first-order valence-corrected chi connectivity index (χ1v) is 36.1. The minimum Gasteiger partial charge on any atom is -0.311 e. The summed E-state index contributed by atoms with van der Waals surface area (Å²) < 4.78 is 0. The third-order valence-electron chi connectivity index (χ3n) is 23.8. The number of hydrogen-bond acceptors (Lipinski definition) is 3. The van der Waals surface area contributed by atoms with Gasteiger partial charge < -0.3 is 14.7 Å². The van der Waals surface area contributed by atoms with Crippen molar-refractivity contribution < 1.29 is 0 Å². The zero-order chi connectivity index (χ0) is 67.5. The number of para-hydroxylation sites is 3. The molecule has 0 atom stereocenters. The lowest BCUT2D eigenvalue weighted by atomic mass is 9.33. The minimum absolute atomic E-state index is 0.258. The van der Waals surface area contributed by atoms with E-state index in [2.05, 4.69) is 403 Å². The van der Waals surface area contributed by atoms with Crippen LogP contribution in [0.4, 0.5) is 51.2 Å². The average molecular weight is 1310 g/mol. The molecule has 0 aromatic heterocycles. The Morgan fingerprint density at radius 3 is 0.951 bits per heavy atom. The van der Waals surface area contributed by atoms with E-state index in [4.69, 9.17) is 0 Å². The van der Waals surface area contributed by atoms with Gasteiger partial charge in [-0.2, -0.15) is 0 Å². The third kappa shape index (κ3) is 7.58. The molecule has 6 aliphatic rings. The van der Waals surface area contributed by atoms with E-state index in [-0.39, 0.29) is 6.71 Å². The van der Waals surface area contributed by atoms with E-state index in [0.717, 1.165) is 39.8 Å². The van der Waals surface area contributed by atoms with Gasteiger partial charge in [-0.05, 0) is 166 Å². The lowest BCUT2D eigenvalue weighted by Crippen LogP contribution is -2.61. The summed E-state index contributed by atoms with van der Waals surface area (Å²) in [7, 11) is 0. The van der Waals surface area contributed by atoms with Crippen LogP contribution in [0.1, 0.15) is 66.8 Å². The highest BCUT2D eigenvalue weighted by Crippen LogP contribution is 2.67. The second kappa shape index (κ2) is 22.0. The summed E-state index contributed by atoms with van der Waals surface area (Å²) in [4.78, 5) is 7.96. The molecule has 1 spiro atoms. The van der Waals surface area contributed by atoms with Crippen LogP contribution >= 0.6 is 0 Å². The molecule has 0 saturated heterocycles. The molecule has 478 valence electrons. The highest BCUT2D eigenvalue weighted by atomic mass is 15.2. The standard InChI is InChI=1S/C99H64BN3/c1-8-33-65(34-9-1)97(66-35-10-2-11-36-66)80-54-29-25-50-76(80)92-84(97)59-61-86-95(92)102(70-43-18-6-19-44-70)89-63-72(101(69-41-16-5-17-42-69)88-58-32-57-83-91(88)75-49-24-31-56-82(75)99(83)78-52-27-22-47-73(78)74-48-23-28-53-79(74)99)64-90-94(89)100(86)87-62-60-85-93(96(87)103(90)71-45-20-7-21-46-71)77-51-26-30-55-81(77)98(85,67-37-12-3-13-38-67)68-39-14-4-15-40-68/h1-64H. The Morgan fingerprint density at radius 1 is 0.233 bits per heavy atom. The highest BCUT2D eigenvalue weighted by Gasteiger charge is 2.56. The lowest BCUT2D eigenvalue weighted by Gasteiger charge is -2.46. The Morgan fingerprint density at radius 2 is 0.544 bits per heavy atom. The van der Waals surface area contributed by atoms with Crippen molar-refractivity contribution in [2.75, 3.05) is 14.7 Å². The Labute approximate surface area is 600 Å². The van der Waals surface area contributed by atoms with Crippen LogP contribution < -0.4 is 31.1 Å². The van der Waals surface area contributed by atoms with Gasteiger partial charge in [0.1, 0.15) is 0 Å². The summed E-state index contributed by atoms with van der Waals surface area (Å²) in [5.41, 5.74) is 37.1. The van der Waals surface area contributed by atoms with Crippen LogP contribution in [0.15, 0.2) is 388 Å². The van der Waals surface area contributed by atoms with E-state index >= 15 is 0 Å². The SMILES string of the molecule is c1ccc(N(c2cc3c4c(c2)N(c2ccccc2)c2c(ccc5c2-c2ccccc2C5(c2ccccc2)c2ccccc2)B4c2ccc4c(c2N3c2ccccc2)-c2ccccc2C4(c2ccccc2)c2ccccc2)c2cccc3c2-c2ccccc2C32c3ccccc3-c3ccccc32)cc1. The normalized spacial score (nSPS) is 14.6. The van der Waals surface area contributed by atoms with Crippen molar-refractivity contribution in [2.24, 2.45) is 0 Å². The van der Waals surface area contributed by atoms with Crippen LogP contribution in [0.2, 0.25) is 0 Å². The van der Waals surface area contributed by atoms with Crippen molar-refractivity contribution in [1.29, 1.82) is 0 Å². The quantitative estimate of drug-likeness (QED) is 0.133. The Hall–Kier alpha value is -13.0. The smallest absolute Gasteiger partial charge is 0.252 e. The van der Waals surface area contributed by atoms with Crippen molar-refractivity contribution >= 4 is 74.3 Å². The molecule has 0 N–H and O–H groups in total. The summed E-state index contributed by atoms with van der Waals surface area (Å²) >= 11 is 0. The maximum Gasteiger partial charge on any atom is 0.252 e. The van der Waals surface area contributed by atoms with Gasteiger partial charge >= 0.3 is 0 Å². The van der Waals surface area contributed by atoms with Crippen LogP contribution in [0.3, 0.4) is 0 Å². The maximum atomic E-state index is 2.68. The van der Waals surface area contributed by atoms with E-state index in [9.17, 15) is 0 Å². The summed E-state index contributed by atoms with van der Waals surface area (Å²) in [6, 6.07) is 148. The van der Waals surface area contributed by atoms with Gasteiger partial charge in [0.2, 0.25) is 0 Å². The van der Waals surface area contributed by atoms with E-state index in [1.54, 1.807) is 0 Å². The molecular weight excluding hydrogens is 1240 g/mol. The molecular formula is C99H64BN3. The second-order valence-corrected chi connectivity index (χ2v) is 28.3. The van der Waals surface area contributed by atoms with E-state index in [1.165, 1.54) is 139 Å². The van der Waals surface area contributed by atoms with Gasteiger partial charge in [0.15, 0.2) is 0 Å². The molecule has 0 fully saturated rings. The van der Waals surface area contributed by atoms with Crippen molar-refractivity contribution in [1.82, 2.24) is 0 Å². The number of fused-ring (bicyclic) bond motifs is 22. The Kier molecular flexibility index (Phi) is 12.4. The topological polar surface area (TPSA) is 9.72 Å². The molecule has 0 radical (unpaired) electrons. The molecule has 22 rings (SSSR count). The molecule has 4 heteroatoms. The Bertz CT molecular complexity index is 5760. The molecule has 0 unspecified atom stereocenters. The summed E-state index contributed by atoms with van der Waals surface area (Å²) in [5.74, 6) is 0. The van der Waals surface area contributed by atoms with Crippen molar-refractivity contribution in [3.8, 4) is 44.5 Å². The van der Waals surface area contributed by atoms with E-state index < -0.39 is 16.2 Å². The molecule has 0 saturated carbocycles. The van der Waals surface area contributed by atoms with Gasteiger partial charge in [-0.1, -0.05) is 334 Å². The van der Waals surface area contributed by atoms with Crippen LogP contribution in [-0.4, -0.2) is 6.71 Å². The van der Waals surface area contributed by atoms with Crippen LogP contribution in [-0.2, 0) is 16.2 Å². The number of hydrogen-bond donors (Lipinski definition) is 0. The van der Waals surface area contributed by atoms with Gasteiger partial charge in [0, 0.05) is 56.5 Å². The number of anilines is 9. The predicted molar refractivity (Wildman–Crippen MR) is 426 cm³/mol. The second-order valence-electron chi connectivity index (χ2n) is 28.3. The zero-order valence-electron chi connectivity index (χ0n) is 56.4. The van der Waals surface area contributed by atoms with Crippen molar-refractivity contribution in [3.63, 3.8) is 0 Å². The molecule has 0 bridgehead atoms. The predicted octanol–water partition coefficient (Wildman–Crippen LogP) is 22.3. The molecule has 16 aromatic rings. The number of nitrogens with zero attached hydrogens (tertiary/aromatic N) is 3. The van der Waals surface area contributed by atoms with Crippen LogP contribution in [0.25, 0.3) is 44.5 Å². The minimum atomic E-state index is -0.664. The summed E-state index contributed by atoms with van der Waals surface area (Å²) in [6.07, 6.45) is 0. The highest BCUT2D eigenvalue weighted by molar-refractivity contribution is 7.00. The number of benzene rings is 16. The lowest BCUT2D eigenvalue weighted by molar-refractivity contribution is 0.768. The fraction of sp³-hybridized carbons (Fsp3) is 0.0303. The van der Waals surface area contributed by atoms with E-state index in [1.807, 2.05) is 0 Å². The molecule has 4 aliphatic carbocycles. The van der Waals surface area contributed by atoms with Crippen molar-refractivity contribution in [3.05, 3.63) is 455 Å². The maximum absolute atomic E-state index is 2.68. The molecule has 0 amide bonds. The summed E-state index contributed by atoms with van der Waals surface area (Å²) in [6.45, 7) is -0.258. The third-order valence-corrected chi connectivity index (χ3v) is 23.8. The van der Waals surface area contributed by atoms with Gasteiger partial charge in [0.05, 0.1) is 27.6 Å². The number of rotatable bonds is 9. The van der Waals surface area contributed by atoms with Gasteiger partial charge in [-0.25, -0.2) is 0 Å². The monoisotopic (exact) mass is 1310 g/mol. The first-order chi connectivity index (χ1) is 51.2. The average Bonchev–Trinajstić information content (AvgIpc) is 1.54. The molecule has 103 heavy (non-hydrogen) atoms.